The molecular weight excluding hydrogens is 1470 g/mol. The van der Waals surface area contributed by atoms with Gasteiger partial charge in [-0.25, -0.2) is 0 Å². The van der Waals surface area contributed by atoms with Crippen molar-refractivity contribution in [2.45, 2.75) is 118 Å². The molecule has 4 aliphatic heterocycles. The lowest BCUT2D eigenvalue weighted by molar-refractivity contribution is 0.777. The van der Waals surface area contributed by atoms with E-state index in [-0.39, 0.29) is 0 Å². The highest BCUT2D eigenvalue weighted by Crippen LogP contribution is 2.58. The van der Waals surface area contributed by atoms with Gasteiger partial charge in [0.2, 0.25) is 0 Å². The summed E-state index contributed by atoms with van der Waals surface area (Å²) in [6.07, 6.45) is 9.18. The molecule has 108 heavy (non-hydrogen) atoms. The Morgan fingerprint density at radius 2 is 0.435 bits per heavy atom. The Balaban J connectivity index is 0.759. The van der Waals surface area contributed by atoms with Gasteiger partial charge >= 0.3 is 0 Å². The summed E-state index contributed by atoms with van der Waals surface area (Å²) in [4.78, 5) is 31.0. The van der Waals surface area contributed by atoms with Crippen molar-refractivity contribution in [1.29, 1.82) is 0 Å². The minimum Gasteiger partial charge on any atom is -0.340 e. The lowest BCUT2D eigenvalue weighted by atomic mass is 9.85. The van der Waals surface area contributed by atoms with E-state index in [1.807, 2.05) is 92.4 Å². The molecular formula is C96H78N4S8. The fourth-order valence-corrected chi connectivity index (χ4v) is 25.2. The van der Waals surface area contributed by atoms with Crippen LogP contribution in [0.5, 0.6) is 0 Å². The molecule has 8 heterocycles. The van der Waals surface area contributed by atoms with E-state index in [0.29, 0.717) is 0 Å². The molecule has 0 atom stereocenters. The lowest BCUT2D eigenvalue weighted by Crippen LogP contribution is -2.21. The maximum absolute atomic E-state index is 2.55. The van der Waals surface area contributed by atoms with Gasteiger partial charge in [0, 0.05) is 127 Å². The molecule has 0 aliphatic carbocycles. The third kappa shape index (κ3) is 12.0. The Kier molecular flexibility index (Phi) is 18.2. The molecule has 4 nitrogen and oxygen atoms in total. The fourth-order valence-electron chi connectivity index (χ4n) is 16.5. The summed E-state index contributed by atoms with van der Waals surface area (Å²) < 4.78 is 0. The van der Waals surface area contributed by atoms with Gasteiger partial charge in [0.15, 0.2) is 0 Å². The quantitative estimate of drug-likeness (QED) is 0.0692. The third-order valence-corrected chi connectivity index (χ3v) is 31.1. The molecule has 0 bridgehead atoms. The molecule has 0 amide bonds. The van der Waals surface area contributed by atoms with E-state index < -0.39 is 0 Å². The summed E-state index contributed by atoms with van der Waals surface area (Å²) in [5.74, 6) is 0. The molecule has 16 aromatic rings. The first kappa shape index (κ1) is 68.4. The number of nitrogens with zero attached hydrogens (tertiary/aromatic N) is 4. The van der Waals surface area contributed by atoms with Crippen molar-refractivity contribution in [1.82, 2.24) is 0 Å². The number of hydrogen-bond donors (Lipinski definition) is 0. The summed E-state index contributed by atoms with van der Waals surface area (Å²) in [7, 11) is 0. The Morgan fingerprint density at radius 3 is 0.676 bits per heavy atom. The van der Waals surface area contributed by atoms with Crippen LogP contribution < -0.4 is 19.6 Å². The highest BCUT2D eigenvalue weighted by Gasteiger charge is 2.31. The van der Waals surface area contributed by atoms with Crippen molar-refractivity contribution in [3.8, 4) is 83.5 Å². The molecule has 0 radical (unpaired) electrons. The van der Waals surface area contributed by atoms with Crippen molar-refractivity contribution >= 4 is 170 Å². The highest BCUT2D eigenvalue weighted by atomic mass is 32.2. The largest absolute Gasteiger partial charge is 0.340 e. The van der Waals surface area contributed by atoms with E-state index >= 15 is 0 Å². The Morgan fingerprint density at radius 1 is 0.213 bits per heavy atom. The molecule has 0 fully saturated rings. The summed E-state index contributed by atoms with van der Waals surface area (Å²) in [6.45, 7) is 13.2. The standard InChI is InChI=1S/C96H78N4S8/c1-5-9-49-97-71-21-13-17-25-87(71)105-91-53-59(29-37-75(91)97)79-41-45-83(101-79)67-57-68(84-46-42-80(102-84)60-30-38-76-92(54-60)106-88-26-18-14-22-72(88)98(76)50-10-6-2)64-35-36-66-70(86-48-44-82(104-86)62-32-40-78-94(56-62)108-90-28-20-16-24-74(90)100(78)52-12-8-4)58-69(65-34-33-63(67)95(64)96(65)66)85-47-43-81(103-85)61-31-39-77-93(55-61)107-89-27-19-15-23-73(89)99(77)51-11-7-3/h13-48,53-58H,5-12,49-52H2,1-4H3. The average molecular weight is 1540 g/mol. The number of hydrogen-bond acceptors (Lipinski definition) is 12. The van der Waals surface area contributed by atoms with Crippen molar-refractivity contribution in [3.05, 3.63) is 255 Å². The minimum atomic E-state index is 1.00. The predicted molar refractivity (Wildman–Crippen MR) is 475 cm³/mol. The van der Waals surface area contributed by atoms with Gasteiger partial charge in [-0.1, -0.05) is 197 Å². The molecule has 12 heteroatoms. The second kappa shape index (κ2) is 28.8. The van der Waals surface area contributed by atoms with Crippen LogP contribution in [-0.4, -0.2) is 26.2 Å². The van der Waals surface area contributed by atoms with E-state index in [1.165, 1.54) is 201 Å². The van der Waals surface area contributed by atoms with Crippen molar-refractivity contribution in [2.24, 2.45) is 0 Å². The topological polar surface area (TPSA) is 13.0 Å². The molecule has 12 aromatic carbocycles. The maximum atomic E-state index is 2.55. The molecule has 4 aromatic heterocycles. The fraction of sp³-hybridized carbons (Fsp3) is 0.167. The zero-order valence-electron chi connectivity index (χ0n) is 60.8. The molecule has 0 saturated carbocycles. The van der Waals surface area contributed by atoms with Gasteiger partial charge in [-0.2, -0.15) is 0 Å². The van der Waals surface area contributed by atoms with Crippen LogP contribution in [0.4, 0.5) is 45.5 Å². The summed E-state index contributed by atoms with van der Waals surface area (Å²) in [5, 5.41) is 7.78. The average Bonchev–Trinajstić information content (AvgIpc) is 1.12. The van der Waals surface area contributed by atoms with E-state index in [2.05, 4.69) is 302 Å². The molecule has 4 aliphatic rings. The van der Waals surface area contributed by atoms with Gasteiger partial charge in [0.1, 0.15) is 0 Å². The number of benzene rings is 12. The Labute approximate surface area is 666 Å². The molecule has 0 saturated heterocycles. The van der Waals surface area contributed by atoms with Crippen LogP contribution in [0.2, 0.25) is 0 Å². The van der Waals surface area contributed by atoms with Gasteiger partial charge in [-0.15, -0.1) is 45.3 Å². The maximum Gasteiger partial charge on any atom is 0.0553 e. The number of thiophene rings is 4. The number of anilines is 8. The molecule has 20 rings (SSSR count). The van der Waals surface area contributed by atoms with E-state index in [1.54, 1.807) is 0 Å². The van der Waals surface area contributed by atoms with Crippen LogP contribution in [0, 0.1) is 0 Å². The number of fused-ring (bicyclic) bond motifs is 8. The number of unbranched alkanes of at least 4 members (excludes halogenated alkanes) is 4. The van der Waals surface area contributed by atoms with Crippen LogP contribution in [-0.2, 0) is 0 Å². The summed E-state index contributed by atoms with van der Waals surface area (Å²) in [6, 6.07) is 98.9. The molecule has 0 N–H and O–H groups in total. The molecule has 530 valence electrons. The first-order valence-electron chi connectivity index (χ1n) is 38.3. The molecule has 0 unspecified atom stereocenters. The predicted octanol–water partition coefficient (Wildman–Crippen LogP) is 31.8. The van der Waals surface area contributed by atoms with E-state index in [9.17, 15) is 0 Å². The first-order valence-corrected chi connectivity index (χ1v) is 44.8. The van der Waals surface area contributed by atoms with Crippen molar-refractivity contribution in [3.63, 3.8) is 0 Å². The summed E-state index contributed by atoms with van der Waals surface area (Å²) >= 11 is 15.4. The molecule has 0 spiro atoms. The van der Waals surface area contributed by atoms with Crippen molar-refractivity contribution < 1.29 is 0 Å². The Hall–Kier alpha value is -8.92. The zero-order chi connectivity index (χ0) is 72.1. The zero-order valence-corrected chi connectivity index (χ0v) is 67.3. The number of rotatable bonds is 20. The van der Waals surface area contributed by atoms with Gasteiger partial charge in [0.05, 0.1) is 45.5 Å². The third-order valence-electron chi connectivity index (χ3n) is 22.0. The van der Waals surface area contributed by atoms with Crippen LogP contribution in [0.25, 0.3) is 116 Å². The first-order chi connectivity index (χ1) is 53.3. The van der Waals surface area contributed by atoms with Crippen LogP contribution in [0.1, 0.15) is 79.1 Å². The van der Waals surface area contributed by atoms with Gasteiger partial charge < -0.3 is 19.6 Å². The number of para-hydroxylation sites is 4. The normalized spacial score (nSPS) is 13.4. The highest BCUT2D eigenvalue weighted by molar-refractivity contribution is 8.00. The lowest BCUT2D eigenvalue weighted by Gasteiger charge is -2.33. The van der Waals surface area contributed by atoms with E-state index in [0.717, 1.165) is 77.5 Å². The Bertz CT molecular complexity index is 5430. The van der Waals surface area contributed by atoms with Gasteiger partial charge in [-0.05, 0) is 238 Å². The monoisotopic (exact) mass is 1540 g/mol. The second-order valence-corrected chi connectivity index (χ2v) is 37.4. The van der Waals surface area contributed by atoms with Gasteiger partial charge in [0.25, 0.3) is 0 Å². The van der Waals surface area contributed by atoms with Crippen LogP contribution in [0.15, 0.2) is 294 Å². The minimum absolute atomic E-state index is 1.00. The SMILES string of the molecule is CCCCN1c2ccccc2Sc2cc(-c3ccc(-c4cc(-c5ccc(-c6ccc7c(c6)Sc6ccccc6N7CCCC)s5)c5ccc6c(-c7ccc(-c8ccc9c(c8)Sc8ccccc8N9CCCC)s7)cc(-c7ccc(-c8ccc9c(c8)Sc8ccccc8N9CCCC)s7)c7ccc4c5c76)s3)ccc21. The van der Waals surface area contributed by atoms with E-state index in [4.69, 9.17) is 0 Å². The van der Waals surface area contributed by atoms with Gasteiger partial charge in [-0.3, -0.25) is 0 Å². The smallest absolute Gasteiger partial charge is 0.0553 e. The second-order valence-electron chi connectivity index (χ2n) is 28.7. The van der Waals surface area contributed by atoms with Crippen molar-refractivity contribution in [2.75, 3.05) is 45.8 Å². The van der Waals surface area contributed by atoms with Crippen LogP contribution >= 0.6 is 92.4 Å². The van der Waals surface area contributed by atoms with Crippen LogP contribution in [0.3, 0.4) is 0 Å². The summed E-state index contributed by atoms with van der Waals surface area (Å²) in [5.41, 5.74) is 20.6.